The van der Waals surface area contributed by atoms with Crippen LogP contribution in [0.3, 0.4) is 0 Å². The van der Waals surface area contributed by atoms with Crippen LogP contribution in [0.25, 0.3) is 0 Å². The summed E-state index contributed by atoms with van der Waals surface area (Å²) >= 11 is 0. The molecular weight excluding hydrogens is 263 g/mol. The zero-order valence-electron chi connectivity index (χ0n) is 8.16. The van der Waals surface area contributed by atoms with Crippen LogP contribution >= 0.6 is 0 Å². The molecular formula is C8HF5N4O. The quantitative estimate of drug-likeness (QED) is 0.334. The van der Waals surface area contributed by atoms with Crippen molar-refractivity contribution in [2.75, 3.05) is 0 Å². The number of rotatable bonds is 1. The van der Waals surface area contributed by atoms with E-state index in [1.54, 1.807) is 0 Å². The Kier molecular flexibility index (Phi) is 2.77. The Morgan fingerprint density at radius 1 is 0.944 bits per heavy atom. The fraction of sp³-hybridized carbons (Fsp3) is 0. The molecule has 2 aromatic rings. The van der Waals surface area contributed by atoms with Crippen LogP contribution in [0, 0.1) is 29.1 Å². The van der Waals surface area contributed by atoms with Crippen molar-refractivity contribution in [2.45, 2.75) is 0 Å². The summed E-state index contributed by atoms with van der Waals surface area (Å²) in [4.78, 5) is 11.4. The van der Waals surface area contributed by atoms with Crippen LogP contribution in [0.1, 0.15) is 10.4 Å². The van der Waals surface area contributed by atoms with Gasteiger partial charge < -0.3 is 0 Å². The highest BCUT2D eigenvalue weighted by atomic mass is 19.2. The van der Waals surface area contributed by atoms with Crippen molar-refractivity contribution in [3.8, 4) is 0 Å². The fourth-order valence-electron chi connectivity index (χ4n) is 1.16. The molecule has 1 aromatic carbocycles. The monoisotopic (exact) mass is 264 g/mol. The first kappa shape index (κ1) is 12.1. The predicted octanol–water partition coefficient (Wildman–Crippen LogP) is 1.06. The molecule has 0 fully saturated rings. The van der Waals surface area contributed by atoms with Crippen molar-refractivity contribution in [1.29, 1.82) is 0 Å². The zero-order valence-corrected chi connectivity index (χ0v) is 8.16. The van der Waals surface area contributed by atoms with E-state index in [-0.39, 0.29) is 4.68 Å². The normalized spacial score (nSPS) is 10.7. The van der Waals surface area contributed by atoms with Gasteiger partial charge in [0.25, 0.3) is 5.91 Å². The van der Waals surface area contributed by atoms with Crippen molar-refractivity contribution < 1.29 is 26.7 Å². The highest BCUT2D eigenvalue weighted by Crippen LogP contribution is 2.23. The minimum Gasteiger partial charge on any atom is -0.266 e. The largest absolute Gasteiger partial charge is 0.287 e. The van der Waals surface area contributed by atoms with E-state index in [1.165, 1.54) is 0 Å². The molecule has 5 nitrogen and oxygen atoms in total. The smallest absolute Gasteiger partial charge is 0.266 e. The molecule has 0 N–H and O–H groups in total. The second-order valence-electron chi connectivity index (χ2n) is 3.00. The second-order valence-corrected chi connectivity index (χ2v) is 3.00. The maximum atomic E-state index is 13.2. The Morgan fingerprint density at radius 3 is 1.89 bits per heavy atom. The molecule has 0 saturated carbocycles. The first-order valence-corrected chi connectivity index (χ1v) is 4.24. The Labute approximate surface area is 94.8 Å². The molecule has 0 amide bonds. The molecule has 0 atom stereocenters. The summed E-state index contributed by atoms with van der Waals surface area (Å²) in [6.45, 7) is 0. The number of tetrazole rings is 1. The van der Waals surface area contributed by atoms with Crippen LogP contribution in [0.2, 0.25) is 0 Å². The van der Waals surface area contributed by atoms with Crippen molar-refractivity contribution in [1.82, 2.24) is 20.2 Å². The van der Waals surface area contributed by atoms with Gasteiger partial charge in [-0.25, -0.2) is 22.0 Å². The lowest BCUT2D eigenvalue weighted by molar-refractivity contribution is 0.0931. The van der Waals surface area contributed by atoms with Crippen LogP contribution in [-0.2, 0) is 0 Å². The number of aromatic nitrogens is 4. The maximum Gasteiger partial charge on any atom is 0.287 e. The van der Waals surface area contributed by atoms with Gasteiger partial charge in [0.1, 0.15) is 11.9 Å². The minimum absolute atomic E-state index is 0.234. The Balaban J connectivity index is 2.69. The average Bonchev–Trinajstić information content (AvgIpc) is 2.88. The topological polar surface area (TPSA) is 60.7 Å². The summed E-state index contributed by atoms with van der Waals surface area (Å²) in [5, 5.41) is 8.98. The number of hydrogen-bond donors (Lipinski definition) is 0. The Morgan fingerprint density at radius 2 is 1.44 bits per heavy atom. The first-order chi connectivity index (χ1) is 8.45. The highest BCUT2D eigenvalue weighted by molar-refractivity contribution is 5.95. The van der Waals surface area contributed by atoms with Crippen LogP contribution in [0.15, 0.2) is 6.33 Å². The number of benzene rings is 1. The van der Waals surface area contributed by atoms with E-state index in [0.29, 0.717) is 6.33 Å². The minimum atomic E-state index is -2.35. The van der Waals surface area contributed by atoms with Gasteiger partial charge in [0.05, 0.1) is 0 Å². The van der Waals surface area contributed by atoms with Crippen molar-refractivity contribution in [3.05, 3.63) is 41.0 Å². The molecule has 0 aliphatic heterocycles. The molecule has 2 rings (SSSR count). The molecule has 0 aliphatic rings. The molecule has 10 heteroatoms. The standard InChI is InChI=1S/C8HF5N4O/c9-3-2(8(18)17-1-14-15-16-17)4(10)6(12)7(13)5(3)11/h1H. The molecule has 1 heterocycles. The van der Waals surface area contributed by atoms with Crippen LogP contribution in [0.5, 0.6) is 0 Å². The molecule has 0 spiro atoms. The van der Waals surface area contributed by atoms with Gasteiger partial charge in [-0.15, -0.1) is 5.10 Å². The molecule has 0 bridgehead atoms. The third-order valence-corrected chi connectivity index (χ3v) is 1.98. The summed E-state index contributed by atoms with van der Waals surface area (Å²) in [7, 11) is 0. The summed E-state index contributed by atoms with van der Waals surface area (Å²) < 4.78 is 65.1. The van der Waals surface area contributed by atoms with E-state index in [1.807, 2.05) is 0 Å². The third kappa shape index (κ3) is 1.61. The highest BCUT2D eigenvalue weighted by Gasteiger charge is 2.30. The number of nitrogens with zero attached hydrogens (tertiary/aromatic N) is 4. The fourth-order valence-corrected chi connectivity index (χ4v) is 1.16. The maximum absolute atomic E-state index is 13.2. The Hall–Kier alpha value is -2.39. The van der Waals surface area contributed by atoms with Crippen LogP contribution in [-0.4, -0.2) is 26.1 Å². The lowest BCUT2D eigenvalue weighted by atomic mass is 10.1. The van der Waals surface area contributed by atoms with Gasteiger partial charge in [-0.2, -0.15) is 4.68 Å². The first-order valence-electron chi connectivity index (χ1n) is 4.24. The van der Waals surface area contributed by atoms with Gasteiger partial charge in [-0.1, -0.05) is 0 Å². The molecule has 0 radical (unpaired) electrons. The van der Waals surface area contributed by atoms with E-state index < -0.39 is 40.6 Å². The van der Waals surface area contributed by atoms with E-state index >= 15 is 0 Å². The van der Waals surface area contributed by atoms with E-state index in [2.05, 4.69) is 15.5 Å². The predicted molar refractivity (Wildman–Crippen MR) is 43.8 cm³/mol. The molecule has 0 aliphatic carbocycles. The lowest BCUT2D eigenvalue weighted by Crippen LogP contribution is -2.19. The Bertz CT molecular complexity index is 598. The summed E-state index contributed by atoms with van der Waals surface area (Å²) in [5.74, 6) is -12.8. The number of carbonyl (C=O) groups excluding carboxylic acids is 1. The number of halogens is 5. The van der Waals surface area contributed by atoms with Gasteiger partial charge in [0, 0.05) is 0 Å². The lowest BCUT2D eigenvalue weighted by Gasteiger charge is -2.05. The molecule has 94 valence electrons. The third-order valence-electron chi connectivity index (χ3n) is 1.98. The van der Waals surface area contributed by atoms with Gasteiger partial charge >= 0.3 is 0 Å². The molecule has 1 aromatic heterocycles. The zero-order chi connectivity index (χ0) is 13.4. The van der Waals surface area contributed by atoms with Crippen LogP contribution in [0.4, 0.5) is 22.0 Å². The van der Waals surface area contributed by atoms with Crippen LogP contribution < -0.4 is 0 Å². The summed E-state index contributed by atoms with van der Waals surface area (Å²) in [5.41, 5.74) is -1.63. The molecule has 0 saturated heterocycles. The summed E-state index contributed by atoms with van der Waals surface area (Å²) in [6, 6.07) is 0. The van der Waals surface area contributed by atoms with E-state index in [0.717, 1.165) is 0 Å². The van der Waals surface area contributed by atoms with Gasteiger partial charge in [0.2, 0.25) is 5.82 Å². The average molecular weight is 264 g/mol. The SMILES string of the molecule is O=C(c1c(F)c(F)c(F)c(F)c1F)n1cnnn1. The van der Waals surface area contributed by atoms with Crippen molar-refractivity contribution in [2.24, 2.45) is 0 Å². The van der Waals surface area contributed by atoms with Crippen molar-refractivity contribution >= 4 is 5.91 Å². The number of hydrogen-bond acceptors (Lipinski definition) is 4. The summed E-state index contributed by atoms with van der Waals surface area (Å²) in [6.07, 6.45) is 0.653. The van der Waals surface area contributed by atoms with E-state index in [4.69, 9.17) is 0 Å². The van der Waals surface area contributed by atoms with Gasteiger partial charge in [0.15, 0.2) is 23.3 Å². The van der Waals surface area contributed by atoms with Gasteiger partial charge in [-0.05, 0) is 10.4 Å². The van der Waals surface area contributed by atoms with E-state index in [9.17, 15) is 26.7 Å². The molecule has 18 heavy (non-hydrogen) atoms. The second kappa shape index (κ2) is 4.13. The van der Waals surface area contributed by atoms with Crippen molar-refractivity contribution in [3.63, 3.8) is 0 Å². The number of carbonyl (C=O) groups is 1. The molecule has 0 unspecified atom stereocenters. The van der Waals surface area contributed by atoms with Gasteiger partial charge in [-0.3, -0.25) is 4.79 Å².